The molecule has 0 spiro atoms. The first-order valence-electron chi connectivity index (χ1n) is 10.2. The van der Waals surface area contributed by atoms with Crippen molar-refractivity contribution >= 4 is 33.1 Å². The first-order valence-corrected chi connectivity index (χ1v) is 11.1. The Morgan fingerprint density at radius 1 is 1.34 bits per heavy atom. The third-order valence-corrected chi connectivity index (χ3v) is 7.65. The van der Waals surface area contributed by atoms with Gasteiger partial charge in [-0.1, -0.05) is 39.3 Å². The van der Waals surface area contributed by atoms with Crippen molar-refractivity contribution in [2.75, 3.05) is 5.43 Å². The van der Waals surface area contributed by atoms with Crippen molar-refractivity contribution in [1.82, 2.24) is 9.97 Å². The number of thiophene rings is 1. The summed E-state index contributed by atoms with van der Waals surface area (Å²) >= 11 is 1.79. The number of nitrogens with one attached hydrogen (secondary N) is 1. The smallest absolute Gasteiger partial charge is 0.158 e. The lowest BCUT2D eigenvalue weighted by molar-refractivity contribution is 0.184. The Kier molecular flexibility index (Phi) is 5.30. The molecule has 0 radical (unpaired) electrons. The minimum absolute atomic E-state index is 0.234. The number of aromatic nitrogens is 2. The number of nitrogens with zero attached hydrogens (tertiary/aromatic N) is 3. The molecule has 2 N–H and O–H groups in total. The summed E-state index contributed by atoms with van der Waals surface area (Å²) in [6.07, 6.45) is 6.23. The highest BCUT2D eigenvalue weighted by atomic mass is 32.1. The van der Waals surface area contributed by atoms with Gasteiger partial charge in [-0.05, 0) is 55.2 Å². The topological polar surface area (TPSA) is 70.4 Å². The van der Waals surface area contributed by atoms with E-state index in [2.05, 4.69) is 41.3 Å². The maximum absolute atomic E-state index is 9.71. The summed E-state index contributed by atoms with van der Waals surface area (Å²) in [5, 5.41) is 15.4. The zero-order valence-corrected chi connectivity index (χ0v) is 18.3. The van der Waals surface area contributed by atoms with Crippen LogP contribution in [0.15, 0.2) is 35.7 Å². The number of hydrazone groups is 1. The number of fused-ring (bicyclic) bond motifs is 3. The van der Waals surface area contributed by atoms with E-state index in [1.807, 2.05) is 19.1 Å². The van der Waals surface area contributed by atoms with Gasteiger partial charge in [-0.15, -0.1) is 11.3 Å². The van der Waals surface area contributed by atoms with Gasteiger partial charge in [0.1, 0.15) is 16.9 Å². The molecule has 2 heterocycles. The van der Waals surface area contributed by atoms with E-state index in [4.69, 9.17) is 0 Å². The van der Waals surface area contributed by atoms with Crippen LogP contribution in [0.25, 0.3) is 10.2 Å². The van der Waals surface area contributed by atoms with E-state index in [1.54, 1.807) is 29.8 Å². The van der Waals surface area contributed by atoms with E-state index < -0.39 is 0 Å². The molecule has 29 heavy (non-hydrogen) atoms. The van der Waals surface area contributed by atoms with Crippen molar-refractivity contribution in [3.05, 3.63) is 46.6 Å². The molecule has 2 aromatic heterocycles. The third-order valence-electron chi connectivity index (χ3n) is 6.45. The molecular formula is C23H28N4OS. The van der Waals surface area contributed by atoms with Gasteiger partial charge in [0.25, 0.3) is 0 Å². The van der Waals surface area contributed by atoms with Gasteiger partial charge >= 0.3 is 0 Å². The highest BCUT2D eigenvalue weighted by molar-refractivity contribution is 7.19. The molecule has 0 saturated heterocycles. The van der Waals surface area contributed by atoms with Gasteiger partial charge in [0.2, 0.25) is 0 Å². The Morgan fingerprint density at radius 2 is 2.17 bits per heavy atom. The van der Waals surface area contributed by atoms with Crippen LogP contribution in [-0.2, 0) is 12.8 Å². The lowest BCUT2D eigenvalue weighted by atomic mass is 9.69. The Morgan fingerprint density at radius 3 is 2.93 bits per heavy atom. The van der Waals surface area contributed by atoms with Crippen molar-refractivity contribution in [2.45, 2.75) is 53.4 Å². The highest BCUT2D eigenvalue weighted by Gasteiger charge is 2.33. The van der Waals surface area contributed by atoms with Crippen LogP contribution in [0.4, 0.5) is 5.82 Å². The van der Waals surface area contributed by atoms with Gasteiger partial charge in [0.05, 0.1) is 11.1 Å². The maximum Gasteiger partial charge on any atom is 0.158 e. The lowest BCUT2D eigenvalue weighted by Gasteiger charge is -2.36. The van der Waals surface area contributed by atoms with Gasteiger partial charge in [-0.3, -0.25) is 5.43 Å². The highest BCUT2D eigenvalue weighted by Crippen LogP contribution is 2.45. The normalized spacial score (nSPS) is 17.4. The molecule has 0 bridgehead atoms. The summed E-state index contributed by atoms with van der Waals surface area (Å²) < 4.78 is 0. The fourth-order valence-electron chi connectivity index (χ4n) is 4.08. The predicted molar refractivity (Wildman–Crippen MR) is 121 cm³/mol. The second kappa shape index (κ2) is 7.75. The predicted octanol–water partition coefficient (Wildman–Crippen LogP) is 5.77. The van der Waals surface area contributed by atoms with E-state index in [-0.39, 0.29) is 5.75 Å². The molecule has 4 rings (SSSR count). The summed E-state index contributed by atoms with van der Waals surface area (Å²) in [6, 6.07) is 7.11. The quantitative estimate of drug-likeness (QED) is 0.415. The van der Waals surface area contributed by atoms with Crippen LogP contribution in [0.5, 0.6) is 5.75 Å². The third kappa shape index (κ3) is 3.86. The SMILES string of the molecule is CCC(C)(C)[C@H]1CCc2sc3ncnc(N/N=C(\C)c4cccc(O)c4)c3c2C1. The first kappa shape index (κ1) is 19.8. The Hall–Kier alpha value is -2.47. The van der Waals surface area contributed by atoms with E-state index in [0.717, 1.165) is 40.2 Å². The van der Waals surface area contributed by atoms with E-state index in [0.29, 0.717) is 11.3 Å². The molecule has 5 nitrogen and oxygen atoms in total. The molecule has 0 aliphatic heterocycles. The van der Waals surface area contributed by atoms with Crippen molar-refractivity contribution in [3.8, 4) is 5.75 Å². The van der Waals surface area contributed by atoms with Crippen LogP contribution in [0.1, 0.15) is 56.5 Å². The Bertz CT molecular complexity index is 1070. The van der Waals surface area contributed by atoms with Crippen molar-refractivity contribution in [2.24, 2.45) is 16.4 Å². The second-order valence-corrected chi connectivity index (χ2v) is 9.63. The standard InChI is InChI=1S/C23H28N4OS/c1-5-23(3,4)16-9-10-19-18(12-16)20-21(24-13-25-22(20)29-19)27-26-14(2)15-7-6-8-17(28)11-15/h6-8,11,13,16,28H,5,9-10,12H2,1-4H3,(H,24,25,27)/b26-14+/t16-/m0/s1. The van der Waals surface area contributed by atoms with Crippen LogP contribution in [0.2, 0.25) is 0 Å². The van der Waals surface area contributed by atoms with Crippen LogP contribution >= 0.6 is 11.3 Å². The average molecular weight is 409 g/mol. The molecule has 1 aromatic carbocycles. The number of phenols is 1. The van der Waals surface area contributed by atoms with Gasteiger partial charge in [0, 0.05) is 10.4 Å². The molecule has 0 fully saturated rings. The average Bonchev–Trinajstić information content (AvgIpc) is 3.10. The number of rotatable bonds is 5. The molecule has 0 saturated carbocycles. The minimum atomic E-state index is 0.234. The fourth-order valence-corrected chi connectivity index (χ4v) is 5.26. The monoisotopic (exact) mass is 408 g/mol. The zero-order valence-electron chi connectivity index (χ0n) is 17.5. The fraction of sp³-hybridized carbons (Fsp3) is 0.435. The van der Waals surface area contributed by atoms with Crippen molar-refractivity contribution < 1.29 is 5.11 Å². The van der Waals surface area contributed by atoms with E-state index >= 15 is 0 Å². The molecule has 1 atom stereocenters. The molecule has 1 aliphatic carbocycles. The zero-order chi connectivity index (χ0) is 20.6. The summed E-state index contributed by atoms with van der Waals surface area (Å²) in [5.74, 6) is 1.67. The van der Waals surface area contributed by atoms with Gasteiger partial charge in [0.15, 0.2) is 5.82 Å². The van der Waals surface area contributed by atoms with Crippen LogP contribution < -0.4 is 5.43 Å². The minimum Gasteiger partial charge on any atom is -0.508 e. The lowest BCUT2D eigenvalue weighted by Crippen LogP contribution is -2.28. The first-order chi connectivity index (χ1) is 13.9. The molecule has 1 aliphatic rings. The molecule has 152 valence electrons. The van der Waals surface area contributed by atoms with Gasteiger partial charge in [-0.25, -0.2) is 9.97 Å². The molecule has 6 heteroatoms. The Labute approximate surface area is 175 Å². The summed E-state index contributed by atoms with van der Waals surface area (Å²) in [7, 11) is 0. The summed E-state index contributed by atoms with van der Waals surface area (Å²) in [5.41, 5.74) is 6.57. The maximum atomic E-state index is 9.71. The molecular weight excluding hydrogens is 380 g/mol. The van der Waals surface area contributed by atoms with Crippen LogP contribution in [0, 0.1) is 11.3 Å². The van der Waals surface area contributed by atoms with Crippen molar-refractivity contribution in [1.29, 1.82) is 0 Å². The second-order valence-electron chi connectivity index (χ2n) is 8.55. The van der Waals surface area contributed by atoms with E-state index in [1.165, 1.54) is 23.3 Å². The number of phenolic OH excluding ortho intramolecular Hbond substituents is 1. The number of hydrogen-bond acceptors (Lipinski definition) is 6. The van der Waals surface area contributed by atoms with Crippen LogP contribution in [-0.4, -0.2) is 20.8 Å². The van der Waals surface area contributed by atoms with E-state index in [9.17, 15) is 5.11 Å². The number of benzene rings is 1. The Balaban J connectivity index is 1.68. The molecule has 3 aromatic rings. The number of aromatic hydroxyl groups is 1. The largest absolute Gasteiger partial charge is 0.508 e. The number of aryl methyl sites for hydroxylation is 1. The molecule has 0 unspecified atom stereocenters. The summed E-state index contributed by atoms with van der Waals surface area (Å²) in [4.78, 5) is 11.5. The number of anilines is 1. The van der Waals surface area contributed by atoms with Crippen molar-refractivity contribution in [3.63, 3.8) is 0 Å². The number of hydrogen-bond donors (Lipinski definition) is 2. The van der Waals surface area contributed by atoms with Gasteiger partial charge < -0.3 is 5.11 Å². The molecule has 0 amide bonds. The summed E-state index contributed by atoms with van der Waals surface area (Å²) in [6.45, 7) is 8.98. The van der Waals surface area contributed by atoms with Gasteiger partial charge in [-0.2, -0.15) is 5.10 Å². The van der Waals surface area contributed by atoms with Crippen LogP contribution in [0.3, 0.4) is 0 Å².